The molecule has 1 aromatic carbocycles. The highest BCUT2D eigenvalue weighted by Crippen LogP contribution is 2.20. The fourth-order valence-corrected chi connectivity index (χ4v) is 2.94. The van der Waals surface area contributed by atoms with Crippen LogP contribution in [0.25, 0.3) is 0 Å². The van der Waals surface area contributed by atoms with Crippen LogP contribution in [-0.4, -0.2) is 54.2 Å². The molecule has 1 aliphatic heterocycles. The van der Waals surface area contributed by atoms with Crippen molar-refractivity contribution in [2.24, 2.45) is 0 Å². The molecule has 0 aromatic heterocycles. The molecule has 1 aromatic rings. The zero-order chi connectivity index (χ0) is 14.5. The highest BCUT2D eigenvalue weighted by atomic mass is 35.5. The lowest BCUT2D eigenvalue weighted by molar-refractivity contribution is 0.0755. The first kappa shape index (κ1) is 15.8. The lowest BCUT2D eigenvalue weighted by Crippen LogP contribution is -2.51. The number of aliphatic hydroxyl groups is 1. The van der Waals surface area contributed by atoms with E-state index in [1.807, 2.05) is 24.3 Å². The summed E-state index contributed by atoms with van der Waals surface area (Å²) >= 11 is 5.87. The summed E-state index contributed by atoms with van der Waals surface area (Å²) in [4.78, 5) is 4.90. The second-order valence-corrected chi connectivity index (χ2v) is 6.14. The minimum atomic E-state index is -0.396. The third kappa shape index (κ3) is 4.19. The zero-order valence-corrected chi connectivity index (χ0v) is 13.2. The van der Waals surface area contributed by atoms with Gasteiger partial charge in [0.1, 0.15) is 0 Å². The molecule has 0 bridgehead atoms. The molecule has 0 saturated carbocycles. The molecule has 3 nitrogen and oxygen atoms in total. The molecule has 0 aliphatic carbocycles. The average Bonchev–Trinajstić information content (AvgIpc) is 2.46. The average molecular weight is 297 g/mol. The Morgan fingerprint density at radius 2 is 2.00 bits per heavy atom. The van der Waals surface area contributed by atoms with E-state index in [0.717, 1.165) is 38.2 Å². The summed E-state index contributed by atoms with van der Waals surface area (Å²) in [6.07, 6.45) is 1.57. The highest BCUT2D eigenvalue weighted by Gasteiger charge is 2.23. The van der Waals surface area contributed by atoms with Crippen LogP contribution in [0.2, 0.25) is 5.02 Å². The summed E-state index contributed by atoms with van der Waals surface area (Å²) in [6.45, 7) is 6.53. The minimum Gasteiger partial charge on any atom is -0.388 e. The van der Waals surface area contributed by atoms with E-state index in [1.165, 1.54) is 6.42 Å². The van der Waals surface area contributed by atoms with Crippen LogP contribution in [0, 0.1) is 0 Å². The minimum absolute atomic E-state index is 0.396. The van der Waals surface area contributed by atoms with Crippen LogP contribution in [0.15, 0.2) is 24.3 Å². The van der Waals surface area contributed by atoms with E-state index >= 15 is 0 Å². The van der Waals surface area contributed by atoms with Crippen molar-refractivity contribution in [2.75, 3.05) is 33.2 Å². The van der Waals surface area contributed by atoms with Crippen molar-refractivity contribution in [1.29, 1.82) is 0 Å². The van der Waals surface area contributed by atoms with Gasteiger partial charge in [-0.15, -0.1) is 0 Å². The molecule has 2 unspecified atom stereocenters. The smallest absolute Gasteiger partial charge is 0.0802 e. The quantitative estimate of drug-likeness (QED) is 0.905. The first-order chi connectivity index (χ1) is 9.60. The Bertz CT molecular complexity index is 409. The molecule has 112 valence electrons. The molecule has 2 rings (SSSR count). The number of nitrogens with zero attached hydrogens (tertiary/aromatic N) is 2. The van der Waals surface area contributed by atoms with Crippen LogP contribution >= 0.6 is 11.6 Å². The van der Waals surface area contributed by atoms with Gasteiger partial charge in [0.2, 0.25) is 0 Å². The van der Waals surface area contributed by atoms with E-state index in [9.17, 15) is 5.11 Å². The predicted octanol–water partition coefficient (Wildman–Crippen LogP) is 2.79. The Kier molecular flexibility index (Phi) is 5.85. The number of hydrogen-bond donors (Lipinski definition) is 1. The summed E-state index contributed by atoms with van der Waals surface area (Å²) in [7, 11) is 2.20. The molecule has 4 heteroatoms. The van der Waals surface area contributed by atoms with Gasteiger partial charge >= 0.3 is 0 Å². The van der Waals surface area contributed by atoms with Gasteiger partial charge in [-0.3, -0.25) is 0 Å². The number of halogens is 1. The van der Waals surface area contributed by atoms with E-state index in [0.29, 0.717) is 11.1 Å². The lowest BCUT2D eigenvalue weighted by Gasteiger charge is -2.39. The molecule has 0 spiro atoms. The number of piperazine rings is 1. The SMILES string of the molecule is CCC1CN(CCC(O)c2ccc(Cl)cc2)CCN1C. The second kappa shape index (κ2) is 7.41. The van der Waals surface area contributed by atoms with Crippen molar-refractivity contribution >= 4 is 11.6 Å². The number of hydrogen-bond acceptors (Lipinski definition) is 3. The first-order valence-electron chi connectivity index (χ1n) is 7.46. The molecule has 1 aliphatic rings. The van der Waals surface area contributed by atoms with Gasteiger partial charge in [0.05, 0.1) is 6.10 Å². The molecule has 2 atom stereocenters. The molecule has 0 radical (unpaired) electrons. The summed E-state index contributed by atoms with van der Waals surface area (Å²) in [5.41, 5.74) is 0.954. The number of benzene rings is 1. The van der Waals surface area contributed by atoms with Crippen LogP contribution in [0.3, 0.4) is 0 Å². The molecule has 1 N–H and O–H groups in total. The standard InChI is InChI=1S/C16H25ClN2O/c1-3-15-12-19(11-10-18(15)2)9-8-16(20)13-4-6-14(17)7-5-13/h4-7,15-16,20H,3,8-12H2,1-2H3. The molecule has 1 saturated heterocycles. The van der Waals surface area contributed by atoms with Crippen LogP contribution < -0.4 is 0 Å². The van der Waals surface area contributed by atoms with E-state index in [-0.39, 0.29) is 0 Å². The summed E-state index contributed by atoms with van der Waals surface area (Å²) in [5, 5.41) is 11.0. The number of aliphatic hydroxyl groups excluding tert-OH is 1. The zero-order valence-electron chi connectivity index (χ0n) is 12.4. The van der Waals surface area contributed by atoms with E-state index in [4.69, 9.17) is 11.6 Å². The molecule has 1 heterocycles. The fourth-order valence-electron chi connectivity index (χ4n) is 2.81. The van der Waals surface area contributed by atoms with Gasteiger partial charge in [-0.2, -0.15) is 0 Å². The van der Waals surface area contributed by atoms with Gasteiger partial charge in [-0.05, 0) is 37.6 Å². The van der Waals surface area contributed by atoms with Crippen molar-refractivity contribution in [1.82, 2.24) is 9.80 Å². The number of likely N-dealkylation sites (N-methyl/N-ethyl adjacent to an activating group) is 1. The third-order valence-corrected chi connectivity index (χ3v) is 4.56. The Morgan fingerprint density at radius 1 is 1.30 bits per heavy atom. The van der Waals surface area contributed by atoms with Gasteiger partial charge in [0.15, 0.2) is 0 Å². The van der Waals surface area contributed by atoms with Crippen molar-refractivity contribution < 1.29 is 5.11 Å². The second-order valence-electron chi connectivity index (χ2n) is 5.70. The van der Waals surface area contributed by atoms with Crippen molar-refractivity contribution in [3.8, 4) is 0 Å². The maximum atomic E-state index is 10.2. The molecular weight excluding hydrogens is 272 g/mol. The van der Waals surface area contributed by atoms with Crippen molar-refractivity contribution in [3.63, 3.8) is 0 Å². The largest absolute Gasteiger partial charge is 0.388 e. The Labute approximate surface area is 127 Å². The van der Waals surface area contributed by atoms with Crippen LogP contribution in [0.1, 0.15) is 31.4 Å². The molecule has 1 fully saturated rings. The van der Waals surface area contributed by atoms with E-state index in [1.54, 1.807) is 0 Å². The van der Waals surface area contributed by atoms with Crippen molar-refractivity contribution in [3.05, 3.63) is 34.9 Å². The maximum absolute atomic E-state index is 10.2. The van der Waals surface area contributed by atoms with Gasteiger partial charge in [0.25, 0.3) is 0 Å². The first-order valence-corrected chi connectivity index (χ1v) is 7.84. The molecular formula is C16H25ClN2O. The third-order valence-electron chi connectivity index (χ3n) is 4.31. The Balaban J connectivity index is 1.81. The van der Waals surface area contributed by atoms with Crippen molar-refractivity contribution in [2.45, 2.75) is 31.9 Å². The predicted molar refractivity (Wildman–Crippen MR) is 84.2 cm³/mol. The summed E-state index contributed by atoms with van der Waals surface area (Å²) < 4.78 is 0. The van der Waals surface area contributed by atoms with Gasteiger partial charge in [0, 0.05) is 37.2 Å². The Morgan fingerprint density at radius 3 is 2.65 bits per heavy atom. The summed E-state index contributed by atoms with van der Waals surface area (Å²) in [5.74, 6) is 0. The number of rotatable bonds is 5. The van der Waals surface area contributed by atoms with Gasteiger partial charge in [-0.25, -0.2) is 0 Å². The topological polar surface area (TPSA) is 26.7 Å². The summed E-state index contributed by atoms with van der Waals surface area (Å²) in [6, 6.07) is 8.14. The molecule has 20 heavy (non-hydrogen) atoms. The van der Waals surface area contributed by atoms with Gasteiger partial charge in [-0.1, -0.05) is 30.7 Å². The fraction of sp³-hybridized carbons (Fsp3) is 0.625. The van der Waals surface area contributed by atoms with E-state index < -0.39 is 6.10 Å². The van der Waals surface area contributed by atoms with Crippen LogP contribution in [0.4, 0.5) is 0 Å². The highest BCUT2D eigenvalue weighted by molar-refractivity contribution is 6.30. The van der Waals surface area contributed by atoms with E-state index in [2.05, 4.69) is 23.8 Å². The van der Waals surface area contributed by atoms with Gasteiger partial charge < -0.3 is 14.9 Å². The normalized spacial score (nSPS) is 22.9. The lowest BCUT2D eigenvalue weighted by atomic mass is 10.1. The maximum Gasteiger partial charge on any atom is 0.0802 e. The monoisotopic (exact) mass is 296 g/mol. The van der Waals surface area contributed by atoms with Crippen LogP contribution in [0.5, 0.6) is 0 Å². The Hall–Kier alpha value is -0.610. The molecule has 0 amide bonds. The van der Waals surface area contributed by atoms with Crippen LogP contribution in [-0.2, 0) is 0 Å².